The Morgan fingerprint density at radius 3 is 1.97 bits per heavy atom. The number of carbonyl (C=O) groups is 1. The Labute approximate surface area is 189 Å². The standard InChI is InChI=1S/C23H32N6OS/c1-18-8-10-19(11-9-18)16-24-20(30)17-31-23-26-21(28-12-4-2-5-13-28)25-22(27-23)29-14-6-3-7-15-29/h8-11H,2-7,12-17H2,1H3,(H,24,30). The van der Waals surface area contributed by atoms with Crippen LogP contribution >= 0.6 is 11.8 Å². The fraction of sp³-hybridized carbons (Fsp3) is 0.565. The van der Waals surface area contributed by atoms with Crippen molar-refractivity contribution in [3.8, 4) is 0 Å². The first-order valence-corrected chi connectivity index (χ1v) is 12.4. The van der Waals surface area contributed by atoms with Crippen molar-refractivity contribution >= 4 is 29.6 Å². The predicted molar refractivity (Wildman–Crippen MR) is 126 cm³/mol. The quantitative estimate of drug-likeness (QED) is 0.660. The van der Waals surface area contributed by atoms with Crippen LogP contribution in [0.4, 0.5) is 11.9 Å². The maximum Gasteiger partial charge on any atom is 0.231 e. The molecule has 4 rings (SSSR count). The van der Waals surface area contributed by atoms with E-state index in [4.69, 9.17) is 15.0 Å². The molecule has 8 heteroatoms. The van der Waals surface area contributed by atoms with E-state index in [1.807, 2.05) is 12.1 Å². The van der Waals surface area contributed by atoms with E-state index in [0.717, 1.165) is 43.6 Å². The second-order valence-corrected chi connectivity index (χ2v) is 9.31. The molecule has 0 atom stereocenters. The molecular formula is C23H32N6OS. The summed E-state index contributed by atoms with van der Waals surface area (Å²) in [6.07, 6.45) is 7.24. The van der Waals surface area contributed by atoms with E-state index in [9.17, 15) is 4.79 Å². The lowest BCUT2D eigenvalue weighted by Crippen LogP contribution is -2.34. The average molecular weight is 441 g/mol. The molecule has 7 nitrogen and oxygen atoms in total. The summed E-state index contributed by atoms with van der Waals surface area (Å²) in [5, 5.41) is 3.63. The van der Waals surface area contributed by atoms with Crippen molar-refractivity contribution in [1.82, 2.24) is 20.3 Å². The van der Waals surface area contributed by atoms with Gasteiger partial charge < -0.3 is 15.1 Å². The summed E-state index contributed by atoms with van der Waals surface area (Å²) in [5.74, 6) is 1.81. The highest BCUT2D eigenvalue weighted by molar-refractivity contribution is 7.99. The summed E-state index contributed by atoms with van der Waals surface area (Å²) in [6, 6.07) is 8.21. The van der Waals surface area contributed by atoms with Crippen LogP contribution in [0.2, 0.25) is 0 Å². The zero-order valence-corrected chi connectivity index (χ0v) is 19.2. The lowest BCUT2D eigenvalue weighted by atomic mass is 10.1. The third-order valence-electron chi connectivity index (χ3n) is 5.81. The van der Waals surface area contributed by atoms with Crippen LogP contribution in [-0.4, -0.2) is 52.8 Å². The highest BCUT2D eigenvalue weighted by Crippen LogP contribution is 2.24. The smallest absolute Gasteiger partial charge is 0.231 e. The third-order valence-corrected chi connectivity index (χ3v) is 6.66. The molecule has 166 valence electrons. The lowest BCUT2D eigenvalue weighted by molar-refractivity contribution is -0.118. The number of nitrogens with one attached hydrogen (secondary N) is 1. The van der Waals surface area contributed by atoms with Gasteiger partial charge in [-0.2, -0.15) is 15.0 Å². The van der Waals surface area contributed by atoms with Crippen molar-refractivity contribution in [2.75, 3.05) is 41.7 Å². The minimum absolute atomic E-state index is 0.00923. The third kappa shape index (κ3) is 6.32. The van der Waals surface area contributed by atoms with E-state index < -0.39 is 0 Å². The average Bonchev–Trinajstić information content (AvgIpc) is 2.83. The molecule has 0 aliphatic carbocycles. The van der Waals surface area contributed by atoms with E-state index in [0.29, 0.717) is 17.5 Å². The van der Waals surface area contributed by atoms with Gasteiger partial charge in [0.2, 0.25) is 17.8 Å². The molecule has 0 bridgehead atoms. The van der Waals surface area contributed by atoms with Crippen molar-refractivity contribution in [2.45, 2.75) is 57.1 Å². The fourth-order valence-electron chi connectivity index (χ4n) is 3.96. The van der Waals surface area contributed by atoms with Gasteiger partial charge in [-0.15, -0.1) is 0 Å². The number of aryl methyl sites for hydroxylation is 1. The van der Waals surface area contributed by atoms with Crippen LogP contribution in [0.25, 0.3) is 0 Å². The highest BCUT2D eigenvalue weighted by Gasteiger charge is 2.20. The Morgan fingerprint density at radius 1 is 0.871 bits per heavy atom. The summed E-state index contributed by atoms with van der Waals surface area (Å²) < 4.78 is 0. The number of piperidine rings is 2. The second-order valence-electron chi connectivity index (χ2n) is 8.36. The molecule has 0 spiro atoms. The van der Waals surface area contributed by atoms with Gasteiger partial charge in [0.05, 0.1) is 5.75 Å². The lowest BCUT2D eigenvalue weighted by Gasteiger charge is -2.30. The molecule has 31 heavy (non-hydrogen) atoms. The van der Waals surface area contributed by atoms with Crippen molar-refractivity contribution in [1.29, 1.82) is 0 Å². The maximum absolute atomic E-state index is 12.4. The molecular weight excluding hydrogens is 408 g/mol. The Morgan fingerprint density at radius 2 is 1.42 bits per heavy atom. The molecule has 2 saturated heterocycles. The van der Waals surface area contributed by atoms with Crippen LogP contribution in [-0.2, 0) is 11.3 Å². The van der Waals surface area contributed by atoms with Crippen LogP contribution in [0.15, 0.2) is 29.4 Å². The van der Waals surface area contributed by atoms with E-state index in [-0.39, 0.29) is 5.91 Å². The second kappa shape index (κ2) is 10.8. The van der Waals surface area contributed by atoms with E-state index in [1.54, 1.807) is 0 Å². The molecule has 0 unspecified atom stereocenters. The number of rotatable bonds is 7. The summed E-state index contributed by atoms with van der Waals surface area (Å²) in [6.45, 7) is 6.56. The zero-order valence-electron chi connectivity index (χ0n) is 18.3. The van der Waals surface area contributed by atoms with Crippen molar-refractivity contribution in [3.05, 3.63) is 35.4 Å². The largest absolute Gasteiger partial charge is 0.351 e. The number of thioether (sulfide) groups is 1. The van der Waals surface area contributed by atoms with Gasteiger partial charge in [0.15, 0.2) is 5.16 Å². The Balaban J connectivity index is 1.40. The molecule has 2 aliphatic rings. The molecule has 2 aliphatic heterocycles. The summed E-state index contributed by atoms with van der Waals surface area (Å²) >= 11 is 1.39. The molecule has 0 radical (unpaired) electrons. The predicted octanol–water partition coefficient (Wildman–Crippen LogP) is 3.57. The molecule has 1 amide bonds. The first kappa shape index (κ1) is 21.9. The van der Waals surface area contributed by atoms with Gasteiger partial charge in [-0.1, -0.05) is 41.6 Å². The Kier molecular flexibility index (Phi) is 7.61. The number of amides is 1. The van der Waals surface area contributed by atoms with Gasteiger partial charge in [-0.05, 0) is 51.0 Å². The van der Waals surface area contributed by atoms with Gasteiger partial charge in [0, 0.05) is 32.7 Å². The van der Waals surface area contributed by atoms with E-state index in [1.165, 1.54) is 55.9 Å². The fourth-order valence-corrected chi connectivity index (χ4v) is 4.61. The minimum Gasteiger partial charge on any atom is -0.351 e. The minimum atomic E-state index is -0.00923. The van der Waals surface area contributed by atoms with E-state index in [2.05, 4.69) is 34.2 Å². The van der Waals surface area contributed by atoms with Gasteiger partial charge in [0.1, 0.15) is 0 Å². The number of carbonyl (C=O) groups excluding carboxylic acids is 1. The number of hydrogen-bond donors (Lipinski definition) is 1. The Hall–Kier alpha value is -2.35. The summed E-state index contributed by atoms with van der Waals surface area (Å²) in [7, 11) is 0. The molecule has 1 aromatic carbocycles. The SMILES string of the molecule is Cc1ccc(CNC(=O)CSc2nc(N3CCCCC3)nc(N3CCCCC3)n2)cc1. The molecule has 1 N–H and O–H groups in total. The first-order chi connectivity index (χ1) is 15.2. The topological polar surface area (TPSA) is 74.2 Å². The molecule has 3 heterocycles. The van der Waals surface area contributed by atoms with Gasteiger partial charge in [-0.3, -0.25) is 4.79 Å². The van der Waals surface area contributed by atoms with Crippen LogP contribution in [0.1, 0.15) is 49.7 Å². The van der Waals surface area contributed by atoms with Crippen LogP contribution in [0.5, 0.6) is 0 Å². The number of benzene rings is 1. The Bertz CT molecular complexity index is 827. The molecule has 1 aromatic heterocycles. The van der Waals surface area contributed by atoms with Crippen LogP contribution in [0, 0.1) is 6.92 Å². The molecule has 2 aromatic rings. The van der Waals surface area contributed by atoms with Crippen molar-refractivity contribution in [2.24, 2.45) is 0 Å². The van der Waals surface area contributed by atoms with Gasteiger partial charge in [0.25, 0.3) is 0 Å². The highest BCUT2D eigenvalue weighted by atomic mass is 32.2. The number of anilines is 2. The maximum atomic E-state index is 12.4. The van der Waals surface area contributed by atoms with Gasteiger partial charge in [-0.25, -0.2) is 0 Å². The van der Waals surface area contributed by atoms with Crippen LogP contribution < -0.4 is 15.1 Å². The number of hydrogen-bond acceptors (Lipinski definition) is 7. The monoisotopic (exact) mass is 440 g/mol. The number of aromatic nitrogens is 3. The first-order valence-electron chi connectivity index (χ1n) is 11.4. The van der Waals surface area contributed by atoms with Crippen molar-refractivity contribution < 1.29 is 4.79 Å². The summed E-state index contributed by atoms with van der Waals surface area (Å²) in [4.78, 5) is 31.2. The molecule has 2 fully saturated rings. The normalized spacial score (nSPS) is 16.9. The van der Waals surface area contributed by atoms with Gasteiger partial charge >= 0.3 is 0 Å². The van der Waals surface area contributed by atoms with Crippen molar-refractivity contribution in [3.63, 3.8) is 0 Å². The zero-order chi connectivity index (χ0) is 21.5. The summed E-state index contributed by atoms with van der Waals surface area (Å²) in [5.41, 5.74) is 2.32. The number of nitrogens with zero attached hydrogens (tertiary/aromatic N) is 5. The van der Waals surface area contributed by atoms with E-state index >= 15 is 0 Å². The molecule has 0 saturated carbocycles. The van der Waals surface area contributed by atoms with Crippen LogP contribution in [0.3, 0.4) is 0 Å².